The van der Waals surface area contributed by atoms with Gasteiger partial charge in [-0.05, 0) is 141 Å². The average Bonchev–Trinajstić information content (AvgIpc) is 2.96. The Kier molecular flexibility index (Phi) is 69.8. The van der Waals surface area contributed by atoms with E-state index in [0.717, 1.165) is 161 Å². The molecule has 18 heteroatoms. The zero-order valence-corrected chi connectivity index (χ0v) is 63.4. The number of hydrogen-bond donors (Lipinski definition) is 4. The van der Waals surface area contributed by atoms with Crippen molar-refractivity contribution in [2.24, 2.45) is 0 Å². The molecule has 4 N–H and O–H groups in total. The number of aliphatic hydroxyl groups excluding tert-OH is 2. The molecule has 566 valence electrons. The molecule has 0 aromatic heterocycles. The summed E-state index contributed by atoms with van der Waals surface area (Å²) in [5, 5.41) is 20.6. The Bertz CT molecular complexity index is 2380. The monoisotopic (exact) mass is 1430 g/mol. The van der Waals surface area contributed by atoms with Gasteiger partial charge in [0, 0.05) is 19.3 Å². The van der Waals surface area contributed by atoms with E-state index in [1.165, 1.54) is 70.6 Å². The molecule has 0 fully saturated rings. The van der Waals surface area contributed by atoms with Gasteiger partial charge < -0.3 is 34.2 Å². The SMILES string of the molecule is CC/C=C\C/C=C\C/C=C\C/C=C\C/C=C\C/C=C\CCCCCCCCCCCCCCC(=O)OCC(O)COP(=O)(O)OCC(O)COP(=O)(O)OCC(COC(=O)CCCCCC/C=C\C/C=C\C/C=C\C/C=C\CC)OC(=O)CCCCCCC/C=C\C/C=C\CCCCC. The molecule has 0 amide bonds. The van der Waals surface area contributed by atoms with Crippen LogP contribution in [0.1, 0.15) is 290 Å². The van der Waals surface area contributed by atoms with Crippen molar-refractivity contribution in [2.45, 2.75) is 309 Å². The van der Waals surface area contributed by atoms with Gasteiger partial charge in [0.25, 0.3) is 0 Å². The minimum absolute atomic E-state index is 0.0798. The Hall–Kier alpha value is -4.57. The van der Waals surface area contributed by atoms with Gasteiger partial charge in [-0.2, -0.15) is 0 Å². The van der Waals surface area contributed by atoms with Gasteiger partial charge in [0.2, 0.25) is 0 Å². The maximum absolute atomic E-state index is 12.9. The Morgan fingerprint density at radius 1 is 0.293 bits per heavy atom. The molecule has 5 unspecified atom stereocenters. The Balaban J connectivity index is 4.51. The summed E-state index contributed by atoms with van der Waals surface area (Å²) >= 11 is 0. The highest BCUT2D eigenvalue weighted by molar-refractivity contribution is 7.47. The van der Waals surface area contributed by atoms with Crippen molar-refractivity contribution in [3.05, 3.63) is 146 Å². The number of phosphoric acid groups is 2. The quantitative estimate of drug-likeness (QED) is 0.0146. The van der Waals surface area contributed by atoms with Gasteiger partial charge in [-0.3, -0.25) is 32.5 Å². The van der Waals surface area contributed by atoms with E-state index in [2.05, 4.69) is 167 Å². The van der Waals surface area contributed by atoms with Gasteiger partial charge >= 0.3 is 33.6 Å². The fourth-order valence-corrected chi connectivity index (χ4v) is 11.4. The number of esters is 3. The maximum Gasteiger partial charge on any atom is 0.472 e. The van der Waals surface area contributed by atoms with E-state index >= 15 is 0 Å². The summed E-state index contributed by atoms with van der Waals surface area (Å²) in [5.41, 5.74) is 0. The number of aliphatic hydroxyl groups is 2. The lowest BCUT2D eigenvalue weighted by Gasteiger charge is -2.21. The van der Waals surface area contributed by atoms with Crippen LogP contribution in [-0.2, 0) is 55.8 Å². The number of carbonyl (C=O) groups is 3. The van der Waals surface area contributed by atoms with Crippen molar-refractivity contribution in [1.29, 1.82) is 0 Å². The number of unbranched alkanes of at least 4 members (excludes halogenated alkanes) is 24. The molecule has 0 saturated carbocycles. The predicted molar refractivity (Wildman–Crippen MR) is 408 cm³/mol. The van der Waals surface area contributed by atoms with Crippen LogP contribution in [0.4, 0.5) is 0 Å². The van der Waals surface area contributed by atoms with E-state index < -0.39 is 91.5 Å². The van der Waals surface area contributed by atoms with Crippen LogP contribution in [0, 0.1) is 0 Å². The Morgan fingerprint density at radius 2 is 0.535 bits per heavy atom. The maximum atomic E-state index is 12.9. The van der Waals surface area contributed by atoms with Gasteiger partial charge in [0.05, 0.1) is 26.4 Å². The standard InChI is InChI=1S/C81H136O16P2/c1-4-7-10-13-16-19-22-25-28-30-31-32-33-34-35-36-37-38-39-40-41-42-43-45-48-49-52-55-58-61-64-67-79(84)91-70-76(82)71-93-98(87,88)94-72-77(83)73-95-99(89,90)96-75-78(97-81(86)69-66-63-60-57-54-51-46-27-24-21-18-15-12-9-6-3)74-92-80(85)68-65-62-59-56-53-50-47-44-29-26-23-20-17-14-11-8-5-2/h7-8,10-11,16-21,25-29,31-32,34-35,37-38,46-47,50,76-78,82-83H,4-6,9,12-15,22-24,30,33,36,39-45,48-49,51-75H2,1-3H3,(H,87,88)(H,89,90)/b10-7-,11-8-,19-16-,20-17-,21-18-,28-25-,29-26-,32-31-,35-34-,38-37-,46-27-,50-47-. The summed E-state index contributed by atoms with van der Waals surface area (Å²) in [5.74, 6) is -1.62. The summed E-state index contributed by atoms with van der Waals surface area (Å²) in [6.07, 6.45) is 89.0. The Morgan fingerprint density at radius 3 is 0.848 bits per heavy atom. The van der Waals surface area contributed by atoms with Gasteiger partial charge in [0.15, 0.2) is 6.10 Å². The van der Waals surface area contributed by atoms with Crippen LogP contribution < -0.4 is 0 Å². The van der Waals surface area contributed by atoms with E-state index in [-0.39, 0.29) is 19.3 Å². The summed E-state index contributed by atoms with van der Waals surface area (Å²) in [7, 11) is -9.80. The van der Waals surface area contributed by atoms with Crippen molar-refractivity contribution < 1.29 is 75.8 Å². The molecule has 16 nitrogen and oxygen atoms in total. The first-order chi connectivity index (χ1) is 48.2. The van der Waals surface area contributed by atoms with Crippen molar-refractivity contribution in [3.8, 4) is 0 Å². The molecule has 5 atom stereocenters. The van der Waals surface area contributed by atoms with Crippen molar-refractivity contribution in [2.75, 3.05) is 39.6 Å². The number of hydrogen-bond acceptors (Lipinski definition) is 14. The molecule has 0 aliphatic heterocycles. The zero-order chi connectivity index (χ0) is 72.3. The number of allylic oxidation sites excluding steroid dienone is 24. The van der Waals surface area contributed by atoms with Crippen LogP contribution in [0.15, 0.2) is 146 Å². The molecule has 0 spiro atoms. The first kappa shape index (κ1) is 94.4. The normalized spacial score (nSPS) is 14.9. The van der Waals surface area contributed by atoms with Gasteiger partial charge in [-0.1, -0.05) is 276 Å². The molecule has 0 heterocycles. The van der Waals surface area contributed by atoms with Gasteiger partial charge in [0.1, 0.15) is 25.4 Å². The minimum atomic E-state index is -4.94. The van der Waals surface area contributed by atoms with E-state index in [0.29, 0.717) is 19.3 Å². The molecule has 0 radical (unpaired) electrons. The molecule has 0 aliphatic rings. The second-order valence-corrected chi connectivity index (χ2v) is 27.9. The van der Waals surface area contributed by atoms with Crippen LogP contribution in [0.5, 0.6) is 0 Å². The van der Waals surface area contributed by atoms with E-state index in [1.54, 1.807) is 0 Å². The smallest absolute Gasteiger partial charge is 0.463 e. The van der Waals surface area contributed by atoms with Crippen LogP contribution in [0.2, 0.25) is 0 Å². The fraction of sp³-hybridized carbons (Fsp3) is 0.667. The number of rotatable bonds is 71. The molecule has 0 saturated heterocycles. The summed E-state index contributed by atoms with van der Waals surface area (Å²) in [6, 6.07) is 0. The van der Waals surface area contributed by atoms with Crippen LogP contribution >= 0.6 is 15.6 Å². The minimum Gasteiger partial charge on any atom is -0.463 e. The van der Waals surface area contributed by atoms with Crippen molar-refractivity contribution >= 4 is 33.6 Å². The largest absolute Gasteiger partial charge is 0.472 e. The fourth-order valence-electron chi connectivity index (χ4n) is 9.77. The van der Waals surface area contributed by atoms with Gasteiger partial charge in [-0.15, -0.1) is 0 Å². The molecule has 0 aliphatic carbocycles. The summed E-state index contributed by atoms with van der Waals surface area (Å²) < 4.78 is 61.0. The van der Waals surface area contributed by atoms with E-state index in [9.17, 15) is 43.5 Å². The highest BCUT2D eigenvalue weighted by atomic mass is 31.2. The van der Waals surface area contributed by atoms with Crippen LogP contribution in [0.25, 0.3) is 0 Å². The highest BCUT2D eigenvalue weighted by Gasteiger charge is 2.29. The first-order valence-corrected chi connectivity index (χ1v) is 41.1. The van der Waals surface area contributed by atoms with Crippen LogP contribution in [0.3, 0.4) is 0 Å². The third kappa shape index (κ3) is 74.4. The molecule has 99 heavy (non-hydrogen) atoms. The van der Waals surface area contributed by atoms with Gasteiger partial charge in [-0.25, -0.2) is 9.13 Å². The van der Waals surface area contributed by atoms with Crippen LogP contribution in [-0.4, -0.2) is 95.9 Å². The highest BCUT2D eigenvalue weighted by Crippen LogP contribution is 2.45. The molecule has 0 aromatic rings. The van der Waals surface area contributed by atoms with E-state index in [4.69, 9.17) is 32.3 Å². The van der Waals surface area contributed by atoms with E-state index in [1.807, 2.05) is 0 Å². The molecular formula is C81H136O16P2. The molecular weight excluding hydrogens is 1290 g/mol. The zero-order valence-electron chi connectivity index (χ0n) is 61.6. The Labute approximate surface area is 600 Å². The van der Waals surface area contributed by atoms with Crippen molar-refractivity contribution in [3.63, 3.8) is 0 Å². The lowest BCUT2D eigenvalue weighted by molar-refractivity contribution is -0.161. The molecule has 0 bridgehead atoms. The summed E-state index contributed by atoms with van der Waals surface area (Å²) in [4.78, 5) is 58.5. The third-order valence-electron chi connectivity index (χ3n) is 15.5. The third-order valence-corrected chi connectivity index (χ3v) is 17.4. The predicted octanol–water partition coefficient (Wildman–Crippen LogP) is 22.1. The first-order valence-electron chi connectivity index (χ1n) is 38.1. The average molecular weight is 1430 g/mol. The van der Waals surface area contributed by atoms with Crippen molar-refractivity contribution in [1.82, 2.24) is 0 Å². The lowest BCUT2D eigenvalue weighted by Crippen LogP contribution is -2.30. The second kappa shape index (κ2) is 73.2. The summed E-state index contributed by atoms with van der Waals surface area (Å²) in [6.45, 7) is 2.37. The molecule has 0 rings (SSSR count). The topological polar surface area (TPSA) is 231 Å². The molecule has 0 aromatic carbocycles. The number of phosphoric ester groups is 2. The number of carbonyl (C=O) groups excluding carboxylic acids is 3. The number of ether oxygens (including phenoxy) is 3. The lowest BCUT2D eigenvalue weighted by atomic mass is 10.0. The second-order valence-electron chi connectivity index (χ2n) is 25.0.